The maximum atomic E-state index is 11.7. The van der Waals surface area contributed by atoms with E-state index in [9.17, 15) is 13.2 Å². The second kappa shape index (κ2) is 4.66. The van der Waals surface area contributed by atoms with E-state index in [0.717, 1.165) is 12.8 Å². The summed E-state index contributed by atoms with van der Waals surface area (Å²) >= 11 is 0. The first-order valence-corrected chi connectivity index (χ1v) is 7.69. The van der Waals surface area contributed by atoms with E-state index in [-0.39, 0.29) is 5.75 Å². The number of carbonyl (C=O) groups excluding carboxylic acids is 1. The van der Waals surface area contributed by atoms with Crippen LogP contribution in [0.3, 0.4) is 0 Å². The fourth-order valence-corrected chi connectivity index (χ4v) is 3.64. The third kappa shape index (κ3) is 2.69. The molecule has 0 aromatic carbocycles. The Labute approximate surface area is 103 Å². The Morgan fingerprint density at radius 1 is 1.24 bits per heavy atom. The number of piperidine rings is 1. The third-order valence-corrected chi connectivity index (χ3v) is 5.67. The summed E-state index contributed by atoms with van der Waals surface area (Å²) in [6.07, 6.45) is 3.30. The molecule has 0 radical (unpaired) electrons. The largest absolute Gasteiger partial charge is 0.300 e. The molecular weight excluding hydrogens is 240 g/mol. The second-order valence-electron chi connectivity index (χ2n) is 5.17. The molecule has 2 fully saturated rings. The number of ketones is 1. The van der Waals surface area contributed by atoms with Crippen LogP contribution in [0.1, 0.15) is 25.7 Å². The van der Waals surface area contributed by atoms with Crippen LogP contribution in [0.25, 0.3) is 0 Å². The zero-order valence-corrected chi connectivity index (χ0v) is 11.2. The van der Waals surface area contributed by atoms with Gasteiger partial charge < -0.3 is 0 Å². The third-order valence-electron chi connectivity index (χ3n) is 3.86. The van der Waals surface area contributed by atoms with Gasteiger partial charge in [-0.2, -0.15) is 0 Å². The van der Waals surface area contributed by atoms with Gasteiger partial charge in [0.05, 0.1) is 5.75 Å². The molecule has 17 heavy (non-hydrogen) atoms. The summed E-state index contributed by atoms with van der Waals surface area (Å²) in [4.78, 5) is 13.7. The molecule has 0 aliphatic carbocycles. The maximum Gasteiger partial charge on any atom is 0.214 e. The molecule has 2 heterocycles. The zero-order chi connectivity index (χ0) is 12.6. The van der Waals surface area contributed by atoms with E-state index in [4.69, 9.17) is 0 Å². The lowest BCUT2D eigenvalue weighted by atomic mass is 10.0. The molecular formula is C11H20N2O3S. The van der Waals surface area contributed by atoms with Crippen molar-refractivity contribution in [3.05, 3.63) is 0 Å². The first kappa shape index (κ1) is 13.0. The molecule has 2 bridgehead atoms. The maximum absolute atomic E-state index is 11.7. The van der Waals surface area contributed by atoms with E-state index in [0.29, 0.717) is 37.3 Å². The lowest BCUT2D eigenvalue weighted by Crippen LogP contribution is -2.46. The number of carbonyl (C=O) groups is 1. The molecule has 98 valence electrons. The molecule has 2 rings (SSSR count). The summed E-state index contributed by atoms with van der Waals surface area (Å²) in [7, 11) is -0.00504. The minimum absolute atomic E-state index is 0.154. The van der Waals surface area contributed by atoms with Gasteiger partial charge in [-0.05, 0) is 12.8 Å². The number of nitrogens with zero attached hydrogens (tertiary/aromatic N) is 2. The zero-order valence-electron chi connectivity index (χ0n) is 10.4. The van der Waals surface area contributed by atoms with Crippen LogP contribution < -0.4 is 0 Å². The highest BCUT2D eigenvalue weighted by Crippen LogP contribution is 2.33. The van der Waals surface area contributed by atoms with Gasteiger partial charge in [-0.25, -0.2) is 12.7 Å². The van der Waals surface area contributed by atoms with E-state index in [1.54, 1.807) is 14.1 Å². The number of fused-ring (bicyclic) bond motifs is 2. The SMILES string of the molecule is CN(C)S(=O)(=O)CCN1C2CCC1CC(=O)C2. The number of hydrogen-bond acceptors (Lipinski definition) is 4. The minimum Gasteiger partial charge on any atom is -0.300 e. The van der Waals surface area contributed by atoms with Gasteiger partial charge in [-0.15, -0.1) is 0 Å². The Morgan fingerprint density at radius 3 is 2.24 bits per heavy atom. The van der Waals surface area contributed by atoms with Crippen molar-refractivity contribution in [1.82, 2.24) is 9.21 Å². The fourth-order valence-electron chi connectivity index (χ4n) is 2.83. The number of Topliss-reactive ketones (excluding diaryl/α,β-unsaturated/α-hetero) is 1. The molecule has 0 spiro atoms. The Hall–Kier alpha value is -0.460. The van der Waals surface area contributed by atoms with Crippen molar-refractivity contribution in [3.8, 4) is 0 Å². The topological polar surface area (TPSA) is 57.7 Å². The van der Waals surface area contributed by atoms with E-state index < -0.39 is 10.0 Å². The first-order chi connectivity index (χ1) is 7.90. The highest BCUT2D eigenvalue weighted by molar-refractivity contribution is 7.89. The summed E-state index contributed by atoms with van der Waals surface area (Å²) in [5, 5.41) is 0. The average Bonchev–Trinajstić information content (AvgIpc) is 2.47. The number of rotatable bonds is 4. The molecule has 2 aliphatic heterocycles. The van der Waals surface area contributed by atoms with Gasteiger partial charge in [0.25, 0.3) is 0 Å². The lowest BCUT2D eigenvalue weighted by Gasteiger charge is -2.33. The average molecular weight is 260 g/mol. The summed E-state index contributed by atoms with van der Waals surface area (Å²) in [5.74, 6) is 0.491. The van der Waals surface area contributed by atoms with Crippen molar-refractivity contribution in [2.75, 3.05) is 26.4 Å². The second-order valence-corrected chi connectivity index (χ2v) is 7.47. The van der Waals surface area contributed by atoms with Crippen molar-refractivity contribution in [1.29, 1.82) is 0 Å². The van der Waals surface area contributed by atoms with Gasteiger partial charge in [0.1, 0.15) is 5.78 Å². The van der Waals surface area contributed by atoms with Crippen LogP contribution in [0.5, 0.6) is 0 Å². The quantitative estimate of drug-likeness (QED) is 0.718. The molecule has 0 N–H and O–H groups in total. The van der Waals surface area contributed by atoms with Crippen LogP contribution in [0.4, 0.5) is 0 Å². The van der Waals surface area contributed by atoms with Gasteiger partial charge in [0.2, 0.25) is 10.0 Å². The van der Waals surface area contributed by atoms with Crippen molar-refractivity contribution in [2.45, 2.75) is 37.8 Å². The van der Waals surface area contributed by atoms with Crippen LogP contribution in [-0.2, 0) is 14.8 Å². The molecule has 0 aromatic heterocycles. The van der Waals surface area contributed by atoms with Crippen LogP contribution >= 0.6 is 0 Å². The van der Waals surface area contributed by atoms with Crippen molar-refractivity contribution >= 4 is 15.8 Å². The normalized spacial score (nSPS) is 30.2. The molecule has 2 unspecified atom stereocenters. The van der Waals surface area contributed by atoms with Gasteiger partial charge in [0.15, 0.2) is 0 Å². The molecule has 6 heteroatoms. The lowest BCUT2D eigenvalue weighted by molar-refractivity contribution is -0.123. The Kier molecular flexibility index (Phi) is 3.56. The van der Waals surface area contributed by atoms with Crippen LogP contribution in [0, 0.1) is 0 Å². The highest BCUT2D eigenvalue weighted by Gasteiger charge is 2.40. The van der Waals surface area contributed by atoms with Crippen LogP contribution in [0.2, 0.25) is 0 Å². The molecule has 2 aliphatic rings. The van der Waals surface area contributed by atoms with Gasteiger partial charge >= 0.3 is 0 Å². The Bertz CT molecular complexity index is 389. The minimum atomic E-state index is -3.12. The fraction of sp³-hybridized carbons (Fsp3) is 0.909. The molecule has 0 saturated carbocycles. The predicted molar refractivity (Wildman–Crippen MR) is 65.2 cm³/mol. The number of sulfonamides is 1. The smallest absolute Gasteiger partial charge is 0.214 e. The summed E-state index contributed by atoms with van der Waals surface area (Å²) in [5.41, 5.74) is 0. The standard InChI is InChI=1S/C11H20N2O3S/c1-12(2)17(15,16)6-5-13-9-3-4-10(13)8-11(14)7-9/h9-10H,3-8H2,1-2H3. The van der Waals surface area contributed by atoms with Gasteiger partial charge in [0, 0.05) is 45.6 Å². The van der Waals surface area contributed by atoms with Crippen molar-refractivity contribution in [3.63, 3.8) is 0 Å². The van der Waals surface area contributed by atoms with Crippen molar-refractivity contribution in [2.24, 2.45) is 0 Å². The van der Waals surface area contributed by atoms with Crippen LogP contribution in [-0.4, -0.2) is 61.9 Å². The summed E-state index contributed by atoms with van der Waals surface area (Å²) < 4.78 is 24.7. The Morgan fingerprint density at radius 2 is 1.76 bits per heavy atom. The van der Waals surface area contributed by atoms with Crippen molar-refractivity contribution < 1.29 is 13.2 Å². The highest BCUT2D eigenvalue weighted by atomic mass is 32.2. The van der Waals surface area contributed by atoms with E-state index in [1.165, 1.54) is 4.31 Å². The monoisotopic (exact) mass is 260 g/mol. The molecule has 2 saturated heterocycles. The van der Waals surface area contributed by atoms with E-state index in [2.05, 4.69) is 4.90 Å². The van der Waals surface area contributed by atoms with E-state index >= 15 is 0 Å². The predicted octanol–water partition coefficient (Wildman–Crippen LogP) is 0.0737. The molecule has 0 amide bonds. The van der Waals surface area contributed by atoms with E-state index in [1.807, 2.05) is 0 Å². The summed E-state index contributed by atoms with van der Waals surface area (Å²) in [6, 6.07) is 0.581. The Balaban J connectivity index is 1.95. The molecule has 2 atom stereocenters. The number of hydrogen-bond donors (Lipinski definition) is 0. The first-order valence-electron chi connectivity index (χ1n) is 6.08. The van der Waals surface area contributed by atoms with Gasteiger partial charge in [-0.3, -0.25) is 9.69 Å². The summed E-state index contributed by atoms with van der Waals surface area (Å²) in [6.45, 7) is 0.559. The van der Waals surface area contributed by atoms with Crippen LogP contribution in [0.15, 0.2) is 0 Å². The molecule has 0 aromatic rings. The van der Waals surface area contributed by atoms with Gasteiger partial charge in [-0.1, -0.05) is 0 Å². The molecule has 5 nitrogen and oxygen atoms in total.